The standard InChI is InChI=1S/C23H35N5O6/c24-11-5-4-9-17(26-20(30)16(25)13-15-7-2-1-3-8-15)21(31)27-18(14-29)22(32)28-12-6-10-19(28)23(33)34/h1-3,7-8,16-19,29H,4-6,9-14,24-25H2,(H,26,30)(H,27,31)(H,33,34). The molecule has 8 N–H and O–H groups in total. The summed E-state index contributed by atoms with van der Waals surface area (Å²) < 4.78 is 0. The lowest BCUT2D eigenvalue weighted by Gasteiger charge is -2.28. The van der Waals surface area contributed by atoms with Gasteiger partial charge < -0.3 is 37.2 Å². The fourth-order valence-electron chi connectivity index (χ4n) is 3.95. The molecule has 0 saturated carbocycles. The average molecular weight is 478 g/mol. The first-order valence-electron chi connectivity index (χ1n) is 11.5. The van der Waals surface area contributed by atoms with Crippen LogP contribution in [0.2, 0.25) is 0 Å². The molecule has 1 aliphatic heterocycles. The van der Waals surface area contributed by atoms with Crippen molar-refractivity contribution in [1.82, 2.24) is 15.5 Å². The van der Waals surface area contributed by atoms with E-state index in [2.05, 4.69) is 10.6 Å². The van der Waals surface area contributed by atoms with E-state index < -0.39 is 54.5 Å². The zero-order valence-electron chi connectivity index (χ0n) is 19.2. The van der Waals surface area contributed by atoms with Gasteiger partial charge in [-0.1, -0.05) is 30.3 Å². The van der Waals surface area contributed by atoms with Crippen LogP contribution in [0.5, 0.6) is 0 Å². The molecule has 1 aliphatic rings. The Labute approximate surface area is 198 Å². The van der Waals surface area contributed by atoms with Crippen LogP contribution in [0.15, 0.2) is 30.3 Å². The van der Waals surface area contributed by atoms with Crippen molar-refractivity contribution in [3.8, 4) is 0 Å². The number of unbranched alkanes of at least 4 members (excludes halogenated alkanes) is 1. The molecule has 1 aromatic rings. The van der Waals surface area contributed by atoms with Gasteiger partial charge in [-0.3, -0.25) is 14.4 Å². The average Bonchev–Trinajstić information content (AvgIpc) is 3.32. The summed E-state index contributed by atoms with van der Waals surface area (Å²) in [6.45, 7) is -0.0589. The van der Waals surface area contributed by atoms with Crippen LogP contribution in [0.1, 0.15) is 37.7 Å². The molecule has 34 heavy (non-hydrogen) atoms. The van der Waals surface area contributed by atoms with Gasteiger partial charge in [-0.25, -0.2) is 4.79 Å². The van der Waals surface area contributed by atoms with Crippen molar-refractivity contribution in [2.75, 3.05) is 19.7 Å². The van der Waals surface area contributed by atoms with Crippen molar-refractivity contribution in [2.24, 2.45) is 11.5 Å². The van der Waals surface area contributed by atoms with Crippen molar-refractivity contribution >= 4 is 23.7 Å². The second-order valence-electron chi connectivity index (χ2n) is 8.41. The molecule has 4 atom stereocenters. The van der Waals surface area contributed by atoms with E-state index >= 15 is 0 Å². The fourth-order valence-corrected chi connectivity index (χ4v) is 3.95. The maximum atomic E-state index is 13.0. The third kappa shape index (κ3) is 7.79. The number of carbonyl (C=O) groups excluding carboxylic acids is 3. The first-order valence-corrected chi connectivity index (χ1v) is 11.5. The van der Waals surface area contributed by atoms with E-state index in [9.17, 15) is 29.4 Å². The Morgan fingerprint density at radius 1 is 1.06 bits per heavy atom. The van der Waals surface area contributed by atoms with Gasteiger partial charge in [-0.05, 0) is 50.6 Å². The maximum absolute atomic E-state index is 13.0. The lowest BCUT2D eigenvalue weighted by atomic mass is 10.0. The summed E-state index contributed by atoms with van der Waals surface area (Å²) in [5.41, 5.74) is 12.4. The molecule has 11 nitrogen and oxygen atoms in total. The van der Waals surface area contributed by atoms with E-state index in [4.69, 9.17) is 11.5 Å². The predicted octanol–water partition coefficient (Wildman–Crippen LogP) is -1.28. The van der Waals surface area contributed by atoms with Gasteiger partial charge in [0.15, 0.2) is 0 Å². The number of aliphatic hydroxyl groups is 1. The van der Waals surface area contributed by atoms with Crippen LogP contribution in [0.3, 0.4) is 0 Å². The van der Waals surface area contributed by atoms with Gasteiger partial charge in [0.1, 0.15) is 18.1 Å². The van der Waals surface area contributed by atoms with E-state index in [1.54, 1.807) is 0 Å². The van der Waals surface area contributed by atoms with E-state index in [0.29, 0.717) is 32.2 Å². The van der Waals surface area contributed by atoms with Gasteiger partial charge in [0.05, 0.1) is 12.6 Å². The zero-order chi connectivity index (χ0) is 25.1. The normalized spacial score (nSPS) is 18.1. The van der Waals surface area contributed by atoms with Crippen LogP contribution >= 0.6 is 0 Å². The molecule has 1 aromatic carbocycles. The molecule has 188 valence electrons. The number of carboxylic acid groups (broad SMARTS) is 1. The molecule has 0 radical (unpaired) electrons. The Morgan fingerprint density at radius 3 is 2.35 bits per heavy atom. The van der Waals surface area contributed by atoms with Crippen LogP contribution in [-0.4, -0.2) is 82.7 Å². The topological polar surface area (TPSA) is 188 Å². The molecule has 1 saturated heterocycles. The summed E-state index contributed by atoms with van der Waals surface area (Å²) in [6.07, 6.45) is 2.56. The Morgan fingerprint density at radius 2 is 1.74 bits per heavy atom. The highest BCUT2D eigenvalue weighted by Gasteiger charge is 2.38. The molecule has 0 aliphatic carbocycles. The molecule has 0 aromatic heterocycles. The number of aliphatic hydroxyl groups excluding tert-OH is 1. The van der Waals surface area contributed by atoms with Crippen molar-refractivity contribution in [1.29, 1.82) is 0 Å². The summed E-state index contributed by atoms with van der Waals surface area (Å²) in [5.74, 6) is -2.98. The maximum Gasteiger partial charge on any atom is 0.326 e. The fraction of sp³-hybridized carbons (Fsp3) is 0.565. The molecule has 3 amide bonds. The van der Waals surface area contributed by atoms with Crippen molar-refractivity contribution in [3.05, 3.63) is 35.9 Å². The summed E-state index contributed by atoms with van der Waals surface area (Å²) >= 11 is 0. The Kier molecular flexibility index (Phi) is 10.9. The molecule has 2 rings (SSSR count). The van der Waals surface area contributed by atoms with Gasteiger partial charge in [0.25, 0.3) is 0 Å². The van der Waals surface area contributed by atoms with E-state index in [1.807, 2.05) is 30.3 Å². The van der Waals surface area contributed by atoms with E-state index in [-0.39, 0.29) is 19.4 Å². The van der Waals surface area contributed by atoms with Crippen molar-refractivity contribution in [3.63, 3.8) is 0 Å². The lowest BCUT2D eigenvalue weighted by molar-refractivity contribution is -0.150. The van der Waals surface area contributed by atoms with Crippen molar-refractivity contribution < 1.29 is 29.4 Å². The van der Waals surface area contributed by atoms with Gasteiger partial charge in [0, 0.05) is 6.54 Å². The summed E-state index contributed by atoms with van der Waals surface area (Å²) in [5, 5.41) is 24.2. The second kappa shape index (κ2) is 13.6. The van der Waals surface area contributed by atoms with Gasteiger partial charge in [-0.15, -0.1) is 0 Å². The number of nitrogens with one attached hydrogen (secondary N) is 2. The number of hydrogen-bond acceptors (Lipinski definition) is 7. The van der Waals surface area contributed by atoms with Gasteiger partial charge in [-0.2, -0.15) is 0 Å². The predicted molar refractivity (Wildman–Crippen MR) is 124 cm³/mol. The number of rotatable bonds is 13. The molecule has 4 unspecified atom stereocenters. The van der Waals surface area contributed by atoms with Gasteiger partial charge in [0.2, 0.25) is 17.7 Å². The quantitative estimate of drug-likeness (QED) is 0.189. The van der Waals surface area contributed by atoms with Crippen LogP contribution < -0.4 is 22.1 Å². The number of nitrogens with two attached hydrogens (primary N) is 2. The Bertz CT molecular complexity index is 836. The van der Waals surface area contributed by atoms with Gasteiger partial charge >= 0.3 is 5.97 Å². The summed E-state index contributed by atoms with van der Waals surface area (Å²) in [7, 11) is 0. The minimum Gasteiger partial charge on any atom is -0.480 e. The monoisotopic (exact) mass is 477 g/mol. The highest BCUT2D eigenvalue weighted by atomic mass is 16.4. The molecule has 11 heteroatoms. The Balaban J connectivity index is 2.04. The third-order valence-electron chi connectivity index (χ3n) is 5.83. The van der Waals surface area contributed by atoms with Crippen LogP contribution in [-0.2, 0) is 25.6 Å². The molecule has 1 heterocycles. The van der Waals surface area contributed by atoms with Crippen LogP contribution in [0.4, 0.5) is 0 Å². The molecule has 0 bridgehead atoms. The minimum absolute atomic E-state index is 0.229. The number of nitrogens with zero attached hydrogens (tertiary/aromatic N) is 1. The summed E-state index contributed by atoms with van der Waals surface area (Å²) in [4.78, 5) is 51.0. The summed E-state index contributed by atoms with van der Waals surface area (Å²) in [6, 6.07) is 5.03. The highest BCUT2D eigenvalue weighted by Crippen LogP contribution is 2.18. The van der Waals surface area contributed by atoms with E-state index in [1.165, 1.54) is 0 Å². The highest BCUT2D eigenvalue weighted by molar-refractivity contribution is 5.94. The first-order chi connectivity index (χ1) is 16.3. The number of aliphatic carboxylic acids is 1. The van der Waals surface area contributed by atoms with E-state index in [0.717, 1.165) is 10.5 Å². The smallest absolute Gasteiger partial charge is 0.326 e. The Hall–Kier alpha value is -3.02. The largest absolute Gasteiger partial charge is 0.480 e. The minimum atomic E-state index is -1.32. The van der Waals surface area contributed by atoms with Crippen LogP contribution in [0, 0.1) is 0 Å². The SMILES string of the molecule is NCCCCC(NC(=O)C(N)Cc1ccccc1)C(=O)NC(CO)C(=O)N1CCCC1C(=O)O. The van der Waals surface area contributed by atoms with Crippen molar-refractivity contribution in [2.45, 2.75) is 62.7 Å². The number of carbonyl (C=O) groups is 4. The number of benzene rings is 1. The number of hydrogen-bond donors (Lipinski definition) is 6. The first kappa shape index (κ1) is 27.2. The third-order valence-corrected chi connectivity index (χ3v) is 5.83. The number of likely N-dealkylation sites (tertiary alicyclic amines) is 1. The zero-order valence-corrected chi connectivity index (χ0v) is 19.2. The second-order valence-corrected chi connectivity index (χ2v) is 8.41. The lowest BCUT2D eigenvalue weighted by Crippen LogP contribution is -2.58. The molecular weight excluding hydrogens is 442 g/mol. The molecule has 0 spiro atoms. The molecular formula is C23H35N5O6. The van der Waals surface area contributed by atoms with Crippen LogP contribution in [0.25, 0.3) is 0 Å². The number of carboxylic acids is 1. The number of amides is 3. The molecule has 1 fully saturated rings.